The van der Waals surface area contributed by atoms with Crippen LogP contribution >= 0.6 is 11.8 Å². The van der Waals surface area contributed by atoms with E-state index in [1.54, 1.807) is 18.2 Å². The van der Waals surface area contributed by atoms with Crippen LogP contribution in [0.3, 0.4) is 0 Å². The van der Waals surface area contributed by atoms with Crippen molar-refractivity contribution in [2.24, 2.45) is 0 Å². The molecule has 0 atom stereocenters. The van der Waals surface area contributed by atoms with Crippen molar-refractivity contribution in [2.45, 2.75) is 6.92 Å². The topological polar surface area (TPSA) is 38.8 Å². The van der Waals surface area contributed by atoms with Gasteiger partial charge in [-0.25, -0.2) is 4.42 Å². The van der Waals surface area contributed by atoms with Gasteiger partial charge in [-0.15, -0.1) is 0 Å². The Morgan fingerprint density at radius 2 is 2.00 bits per heavy atom. The maximum Gasteiger partial charge on any atom is 0.238 e. The largest absolute Gasteiger partial charge is 0.497 e. The zero-order valence-electron chi connectivity index (χ0n) is 8.78. The SMILES string of the molecule is COc1ccc(OC)c(N(Cl)C(C)=O)c1. The van der Waals surface area contributed by atoms with Gasteiger partial charge in [-0.05, 0) is 12.1 Å². The summed E-state index contributed by atoms with van der Waals surface area (Å²) in [7, 11) is 3.05. The number of carbonyl (C=O) groups excluding carboxylic acids is 1. The van der Waals surface area contributed by atoms with E-state index in [4.69, 9.17) is 21.3 Å². The number of hydrogen-bond donors (Lipinski definition) is 0. The quantitative estimate of drug-likeness (QED) is 0.746. The fourth-order valence-electron chi connectivity index (χ4n) is 1.12. The highest BCUT2D eigenvalue weighted by atomic mass is 35.5. The van der Waals surface area contributed by atoms with Crippen molar-refractivity contribution in [1.82, 2.24) is 0 Å². The highest BCUT2D eigenvalue weighted by Crippen LogP contribution is 2.33. The normalized spacial score (nSPS) is 9.60. The number of anilines is 1. The van der Waals surface area contributed by atoms with Gasteiger partial charge in [-0.2, -0.15) is 0 Å². The molecular weight excluding hydrogens is 218 g/mol. The first-order valence-corrected chi connectivity index (χ1v) is 4.62. The van der Waals surface area contributed by atoms with Gasteiger partial charge in [0.2, 0.25) is 5.91 Å². The molecule has 0 heterocycles. The first-order chi connectivity index (χ1) is 7.10. The van der Waals surface area contributed by atoms with E-state index in [-0.39, 0.29) is 5.91 Å². The summed E-state index contributed by atoms with van der Waals surface area (Å²) in [4.78, 5) is 11.1. The summed E-state index contributed by atoms with van der Waals surface area (Å²) >= 11 is 5.80. The molecule has 0 saturated heterocycles. The van der Waals surface area contributed by atoms with Crippen molar-refractivity contribution in [3.8, 4) is 11.5 Å². The van der Waals surface area contributed by atoms with Crippen LogP contribution in [0.5, 0.6) is 11.5 Å². The molecule has 0 bridgehead atoms. The smallest absolute Gasteiger partial charge is 0.238 e. The Kier molecular flexibility index (Phi) is 3.80. The Labute approximate surface area is 93.5 Å². The molecule has 0 N–H and O–H groups in total. The van der Waals surface area contributed by atoms with Gasteiger partial charge in [0.25, 0.3) is 0 Å². The third-order valence-electron chi connectivity index (χ3n) is 1.87. The van der Waals surface area contributed by atoms with Crippen molar-refractivity contribution >= 4 is 23.4 Å². The van der Waals surface area contributed by atoms with E-state index in [1.807, 2.05) is 0 Å². The first kappa shape index (κ1) is 11.7. The lowest BCUT2D eigenvalue weighted by Crippen LogP contribution is -2.17. The van der Waals surface area contributed by atoms with Crippen LogP contribution in [-0.2, 0) is 4.79 Å². The molecule has 82 valence electrons. The molecule has 0 aliphatic heterocycles. The van der Waals surface area contributed by atoms with Crippen LogP contribution in [0, 0.1) is 0 Å². The van der Waals surface area contributed by atoms with Gasteiger partial charge in [0.05, 0.1) is 14.2 Å². The van der Waals surface area contributed by atoms with Crippen LogP contribution in [0.4, 0.5) is 5.69 Å². The van der Waals surface area contributed by atoms with Crippen molar-refractivity contribution in [3.63, 3.8) is 0 Å². The second-order valence-electron chi connectivity index (χ2n) is 2.84. The number of rotatable bonds is 3. The van der Waals surface area contributed by atoms with Gasteiger partial charge in [-0.1, -0.05) is 0 Å². The second-order valence-corrected chi connectivity index (χ2v) is 3.18. The van der Waals surface area contributed by atoms with Crippen LogP contribution in [0.2, 0.25) is 0 Å². The average Bonchev–Trinajstić information content (AvgIpc) is 2.27. The zero-order chi connectivity index (χ0) is 11.4. The number of halogens is 1. The number of carbonyl (C=O) groups is 1. The van der Waals surface area contributed by atoms with Gasteiger partial charge >= 0.3 is 0 Å². The summed E-state index contributed by atoms with van der Waals surface area (Å²) in [6, 6.07) is 5.05. The summed E-state index contributed by atoms with van der Waals surface area (Å²) in [5, 5.41) is 0. The summed E-state index contributed by atoms with van der Waals surface area (Å²) in [5.74, 6) is 0.835. The highest BCUT2D eigenvalue weighted by molar-refractivity contribution is 6.36. The van der Waals surface area contributed by atoms with E-state index in [2.05, 4.69) is 0 Å². The monoisotopic (exact) mass is 229 g/mol. The van der Waals surface area contributed by atoms with E-state index in [0.717, 1.165) is 4.42 Å². The van der Waals surface area contributed by atoms with E-state index in [0.29, 0.717) is 17.2 Å². The number of benzene rings is 1. The van der Waals surface area contributed by atoms with Gasteiger partial charge in [0, 0.05) is 24.8 Å². The minimum Gasteiger partial charge on any atom is -0.497 e. The molecule has 0 aromatic heterocycles. The Hall–Kier alpha value is -1.42. The van der Waals surface area contributed by atoms with Gasteiger partial charge in [-0.3, -0.25) is 4.79 Å². The molecule has 15 heavy (non-hydrogen) atoms. The molecule has 0 saturated carbocycles. The van der Waals surface area contributed by atoms with Gasteiger partial charge in [0.1, 0.15) is 17.2 Å². The van der Waals surface area contributed by atoms with Gasteiger partial charge in [0.15, 0.2) is 0 Å². The summed E-state index contributed by atoms with van der Waals surface area (Å²) in [5.41, 5.74) is 0.464. The number of hydrogen-bond acceptors (Lipinski definition) is 3. The molecule has 0 fully saturated rings. The first-order valence-electron chi connectivity index (χ1n) is 4.28. The zero-order valence-corrected chi connectivity index (χ0v) is 9.54. The number of ether oxygens (including phenoxy) is 2. The van der Waals surface area contributed by atoms with Crippen molar-refractivity contribution in [2.75, 3.05) is 18.6 Å². The molecule has 0 aliphatic rings. The van der Waals surface area contributed by atoms with E-state index >= 15 is 0 Å². The molecule has 0 radical (unpaired) electrons. The summed E-state index contributed by atoms with van der Waals surface area (Å²) in [6.45, 7) is 1.37. The molecule has 4 nitrogen and oxygen atoms in total. The second kappa shape index (κ2) is 4.89. The van der Waals surface area contributed by atoms with E-state index in [1.165, 1.54) is 21.1 Å². The average molecular weight is 230 g/mol. The van der Waals surface area contributed by atoms with Crippen LogP contribution < -0.4 is 13.9 Å². The van der Waals surface area contributed by atoms with Crippen molar-refractivity contribution < 1.29 is 14.3 Å². The lowest BCUT2D eigenvalue weighted by atomic mass is 10.2. The molecule has 1 aromatic carbocycles. The summed E-state index contributed by atoms with van der Waals surface area (Å²) < 4.78 is 11.1. The maximum absolute atomic E-state index is 11.1. The van der Waals surface area contributed by atoms with Crippen LogP contribution in [0.15, 0.2) is 18.2 Å². The predicted octanol–water partition coefficient (Wildman–Crippen LogP) is 2.21. The minimum atomic E-state index is -0.289. The Morgan fingerprint density at radius 1 is 1.33 bits per heavy atom. The molecule has 0 spiro atoms. The van der Waals surface area contributed by atoms with Crippen molar-refractivity contribution in [3.05, 3.63) is 18.2 Å². The fourth-order valence-corrected chi connectivity index (χ4v) is 1.25. The third-order valence-corrected chi connectivity index (χ3v) is 2.29. The standard InChI is InChI=1S/C10H12ClNO3/c1-7(13)12(11)9-6-8(14-2)4-5-10(9)15-3/h4-6H,1-3H3. The third kappa shape index (κ3) is 2.53. The number of nitrogens with zero attached hydrogens (tertiary/aromatic N) is 1. The number of amides is 1. The Balaban J connectivity index is 3.16. The Bertz CT molecular complexity index is 368. The molecule has 1 amide bonds. The molecule has 1 aromatic rings. The molecule has 0 aliphatic carbocycles. The van der Waals surface area contributed by atoms with E-state index < -0.39 is 0 Å². The predicted molar refractivity (Wildman–Crippen MR) is 58.6 cm³/mol. The summed E-state index contributed by atoms with van der Waals surface area (Å²) in [6.07, 6.45) is 0. The lowest BCUT2D eigenvalue weighted by Gasteiger charge is -2.16. The van der Waals surface area contributed by atoms with Crippen LogP contribution in [0.1, 0.15) is 6.92 Å². The van der Waals surface area contributed by atoms with Crippen molar-refractivity contribution in [1.29, 1.82) is 0 Å². The van der Waals surface area contributed by atoms with Gasteiger partial charge < -0.3 is 9.47 Å². The maximum atomic E-state index is 11.1. The molecule has 5 heteroatoms. The molecule has 1 rings (SSSR count). The molecular formula is C10H12ClNO3. The fraction of sp³-hybridized carbons (Fsp3) is 0.300. The lowest BCUT2D eigenvalue weighted by molar-refractivity contribution is -0.115. The Morgan fingerprint density at radius 3 is 2.47 bits per heavy atom. The highest BCUT2D eigenvalue weighted by Gasteiger charge is 2.14. The number of methoxy groups -OCH3 is 2. The van der Waals surface area contributed by atoms with Crippen LogP contribution in [0.25, 0.3) is 0 Å². The minimum absolute atomic E-state index is 0.289. The molecule has 0 unspecified atom stereocenters. The van der Waals surface area contributed by atoms with E-state index in [9.17, 15) is 4.79 Å². The van der Waals surface area contributed by atoms with Crippen LogP contribution in [-0.4, -0.2) is 20.1 Å².